The van der Waals surface area contributed by atoms with E-state index >= 15 is 0 Å². The van der Waals surface area contributed by atoms with Crippen LogP contribution in [0.3, 0.4) is 0 Å². The zero-order valence-corrected chi connectivity index (χ0v) is 12.0. The average molecular weight is 286 g/mol. The van der Waals surface area contributed by atoms with Gasteiger partial charge < -0.3 is 15.4 Å². The Morgan fingerprint density at radius 2 is 2.29 bits per heavy atom. The molecule has 1 amide bonds. The fourth-order valence-electron chi connectivity index (χ4n) is 2.65. The summed E-state index contributed by atoms with van der Waals surface area (Å²) in [6, 6.07) is 7.52. The van der Waals surface area contributed by atoms with E-state index in [0.717, 1.165) is 36.4 Å². The third kappa shape index (κ3) is 2.69. The van der Waals surface area contributed by atoms with Crippen LogP contribution in [0.4, 0.5) is 11.5 Å². The lowest BCUT2D eigenvalue weighted by Crippen LogP contribution is -2.37. The van der Waals surface area contributed by atoms with E-state index in [2.05, 4.69) is 5.10 Å². The molecule has 110 valence electrons. The number of nitrogen functional groups attached to an aromatic ring is 1. The Morgan fingerprint density at radius 1 is 1.43 bits per heavy atom. The van der Waals surface area contributed by atoms with E-state index in [-0.39, 0.29) is 12.5 Å². The van der Waals surface area contributed by atoms with E-state index in [9.17, 15) is 4.79 Å². The largest absolute Gasteiger partial charge is 0.497 e. The molecule has 6 nitrogen and oxygen atoms in total. The summed E-state index contributed by atoms with van der Waals surface area (Å²) in [5.41, 5.74) is 7.68. The van der Waals surface area contributed by atoms with E-state index in [4.69, 9.17) is 10.5 Å². The molecule has 0 saturated carbocycles. The number of aromatic nitrogens is 2. The van der Waals surface area contributed by atoms with Gasteiger partial charge in [-0.15, -0.1) is 0 Å². The average Bonchev–Trinajstić information content (AvgIpc) is 2.91. The Bertz CT molecular complexity index is 665. The van der Waals surface area contributed by atoms with Crippen molar-refractivity contribution < 1.29 is 9.53 Å². The number of benzene rings is 1. The Balaban J connectivity index is 1.82. The second-order valence-electron chi connectivity index (χ2n) is 5.08. The molecule has 1 aliphatic heterocycles. The van der Waals surface area contributed by atoms with Crippen molar-refractivity contribution in [3.05, 3.63) is 36.0 Å². The van der Waals surface area contributed by atoms with Crippen molar-refractivity contribution in [2.45, 2.75) is 19.4 Å². The first-order chi connectivity index (χ1) is 10.2. The number of fused-ring (bicyclic) bond motifs is 1. The molecule has 21 heavy (non-hydrogen) atoms. The summed E-state index contributed by atoms with van der Waals surface area (Å²) in [5, 5.41) is 4.06. The summed E-state index contributed by atoms with van der Waals surface area (Å²) in [6.45, 7) is 0.928. The number of amides is 1. The molecule has 0 fully saturated rings. The first-order valence-corrected chi connectivity index (χ1v) is 6.93. The van der Waals surface area contributed by atoms with Gasteiger partial charge in [0, 0.05) is 18.4 Å². The Labute approximate surface area is 123 Å². The van der Waals surface area contributed by atoms with E-state index in [1.165, 1.54) is 0 Å². The molecular weight excluding hydrogens is 268 g/mol. The van der Waals surface area contributed by atoms with E-state index < -0.39 is 0 Å². The van der Waals surface area contributed by atoms with Crippen LogP contribution in [-0.2, 0) is 17.8 Å². The van der Waals surface area contributed by atoms with Crippen molar-refractivity contribution in [3.8, 4) is 5.75 Å². The first kappa shape index (κ1) is 13.5. The minimum Gasteiger partial charge on any atom is -0.497 e. The SMILES string of the molecule is COc1ccc2c(c1)CCCN2C(=O)Cn1ccc(N)n1. The van der Waals surface area contributed by atoms with Crippen LogP contribution >= 0.6 is 0 Å². The maximum Gasteiger partial charge on any atom is 0.248 e. The van der Waals surface area contributed by atoms with Crippen molar-refractivity contribution >= 4 is 17.4 Å². The molecule has 0 unspecified atom stereocenters. The van der Waals surface area contributed by atoms with Crippen molar-refractivity contribution in [2.75, 3.05) is 24.3 Å². The zero-order chi connectivity index (χ0) is 14.8. The van der Waals surface area contributed by atoms with Gasteiger partial charge in [0.1, 0.15) is 18.1 Å². The van der Waals surface area contributed by atoms with Crippen LogP contribution < -0.4 is 15.4 Å². The van der Waals surface area contributed by atoms with Crippen LogP contribution in [0.15, 0.2) is 30.5 Å². The van der Waals surface area contributed by atoms with Gasteiger partial charge in [0.25, 0.3) is 0 Å². The molecule has 6 heteroatoms. The molecule has 3 rings (SSSR count). The minimum absolute atomic E-state index is 0.0178. The van der Waals surface area contributed by atoms with E-state index in [1.54, 1.807) is 24.1 Å². The number of methoxy groups -OCH3 is 1. The number of anilines is 2. The standard InChI is InChI=1S/C15H18N4O2/c1-21-12-4-5-13-11(9-12)3-2-7-19(13)15(20)10-18-8-6-14(16)17-18/h4-6,8-9H,2-3,7,10H2,1H3,(H2,16,17). The highest BCUT2D eigenvalue weighted by Crippen LogP contribution is 2.30. The maximum absolute atomic E-state index is 12.5. The van der Waals surface area contributed by atoms with Crippen LogP contribution in [0.2, 0.25) is 0 Å². The van der Waals surface area contributed by atoms with Crippen LogP contribution in [0.5, 0.6) is 5.75 Å². The lowest BCUT2D eigenvalue weighted by molar-refractivity contribution is -0.119. The van der Waals surface area contributed by atoms with Crippen LogP contribution in [-0.4, -0.2) is 29.3 Å². The highest BCUT2D eigenvalue weighted by Gasteiger charge is 2.23. The number of aryl methyl sites for hydroxylation is 1. The molecule has 2 N–H and O–H groups in total. The number of hydrogen-bond acceptors (Lipinski definition) is 4. The second kappa shape index (κ2) is 5.47. The van der Waals surface area contributed by atoms with Crippen LogP contribution in [0, 0.1) is 0 Å². The van der Waals surface area contributed by atoms with Crippen molar-refractivity contribution in [1.29, 1.82) is 0 Å². The molecule has 0 radical (unpaired) electrons. The smallest absolute Gasteiger partial charge is 0.248 e. The zero-order valence-electron chi connectivity index (χ0n) is 12.0. The number of hydrogen-bond donors (Lipinski definition) is 1. The molecule has 2 aromatic rings. The summed E-state index contributed by atoms with van der Waals surface area (Å²) in [4.78, 5) is 14.3. The van der Waals surface area contributed by atoms with E-state index in [0.29, 0.717) is 5.82 Å². The minimum atomic E-state index is 0.0178. The second-order valence-corrected chi connectivity index (χ2v) is 5.08. The molecule has 2 heterocycles. The highest BCUT2D eigenvalue weighted by atomic mass is 16.5. The number of carbonyl (C=O) groups excluding carboxylic acids is 1. The molecule has 1 aromatic heterocycles. The van der Waals surface area contributed by atoms with Crippen molar-refractivity contribution in [3.63, 3.8) is 0 Å². The summed E-state index contributed by atoms with van der Waals surface area (Å²) < 4.78 is 6.81. The lowest BCUT2D eigenvalue weighted by atomic mass is 10.0. The fourth-order valence-corrected chi connectivity index (χ4v) is 2.65. The lowest BCUT2D eigenvalue weighted by Gasteiger charge is -2.29. The monoisotopic (exact) mass is 286 g/mol. The molecule has 1 aliphatic rings. The van der Waals surface area contributed by atoms with Gasteiger partial charge in [0.05, 0.1) is 7.11 Å². The predicted molar refractivity (Wildman–Crippen MR) is 80.3 cm³/mol. The molecule has 0 atom stereocenters. The number of carbonyl (C=O) groups is 1. The Morgan fingerprint density at radius 3 is 3.00 bits per heavy atom. The first-order valence-electron chi connectivity index (χ1n) is 6.93. The van der Waals surface area contributed by atoms with Gasteiger partial charge in [-0.3, -0.25) is 9.48 Å². The number of ether oxygens (including phenoxy) is 1. The van der Waals surface area contributed by atoms with Gasteiger partial charge in [0.15, 0.2) is 0 Å². The van der Waals surface area contributed by atoms with Gasteiger partial charge in [-0.2, -0.15) is 5.10 Å². The molecule has 0 spiro atoms. The Hall–Kier alpha value is -2.50. The summed E-state index contributed by atoms with van der Waals surface area (Å²) >= 11 is 0. The molecular formula is C15H18N4O2. The quantitative estimate of drug-likeness (QED) is 0.927. The maximum atomic E-state index is 12.5. The van der Waals surface area contributed by atoms with Crippen molar-refractivity contribution in [2.24, 2.45) is 0 Å². The molecule has 1 aromatic carbocycles. The van der Waals surface area contributed by atoms with Gasteiger partial charge in [0.2, 0.25) is 5.91 Å². The summed E-state index contributed by atoms with van der Waals surface area (Å²) in [6.07, 6.45) is 3.63. The topological polar surface area (TPSA) is 73.4 Å². The van der Waals surface area contributed by atoms with Gasteiger partial charge in [-0.05, 0) is 42.7 Å². The normalized spacial score (nSPS) is 13.9. The predicted octanol–water partition coefficient (Wildman–Crippen LogP) is 1.45. The van der Waals surface area contributed by atoms with E-state index in [1.807, 2.05) is 23.1 Å². The van der Waals surface area contributed by atoms with Crippen LogP contribution in [0.1, 0.15) is 12.0 Å². The number of rotatable bonds is 3. The Kier molecular flexibility index (Phi) is 3.51. The van der Waals surface area contributed by atoms with Gasteiger partial charge >= 0.3 is 0 Å². The van der Waals surface area contributed by atoms with Gasteiger partial charge in [-0.1, -0.05) is 0 Å². The fraction of sp³-hybridized carbons (Fsp3) is 0.333. The van der Waals surface area contributed by atoms with Crippen LogP contribution in [0.25, 0.3) is 0 Å². The van der Waals surface area contributed by atoms with Crippen molar-refractivity contribution in [1.82, 2.24) is 9.78 Å². The molecule has 0 saturated heterocycles. The highest BCUT2D eigenvalue weighted by molar-refractivity contribution is 5.94. The third-order valence-electron chi connectivity index (χ3n) is 3.66. The summed E-state index contributed by atoms with van der Waals surface area (Å²) in [7, 11) is 1.65. The molecule has 0 bridgehead atoms. The molecule has 0 aliphatic carbocycles. The summed E-state index contributed by atoms with van der Waals surface area (Å²) in [5.74, 6) is 1.26. The van der Waals surface area contributed by atoms with Gasteiger partial charge in [-0.25, -0.2) is 0 Å². The third-order valence-corrected chi connectivity index (χ3v) is 3.66. The number of nitrogens with zero attached hydrogens (tertiary/aromatic N) is 3. The number of nitrogens with two attached hydrogens (primary N) is 1.